The molecule has 0 aromatic heterocycles. The van der Waals surface area contributed by atoms with Gasteiger partial charge in [0.25, 0.3) is 0 Å². The largest absolute Gasteiger partial charge is 0.445 e. The Morgan fingerprint density at radius 2 is 2.00 bits per heavy atom. The van der Waals surface area contributed by atoms with Crippen molar-refractivity contribution in [2.75, 3.05) is 13.2 Å². The van der Waals surface area contributed by atoms with E-state index in [1.54, 1.807) is 0 Å². The first kappa shape index (κ1) is 14.5. The number of aliphatic hydroxyl groups excluding tert-OH is 1. The normalized spacial score (nSPS) is 12.2. The molecule has 1 aromatic rings. The first-order valence-corrected chi connectivity index (χ1v) is 6.19. The topological polar surface area (TPSA) is 58.6 Å². The van der Waals surface area contributed by atoms with Gasteiger partial charge in [-0.3, -0.25) is 0 Å². The van der Waals surface area contributed by atoms with Crippen molar-refractivity contribution >= 4 is 6.09 Å². The van der Waals surface area contributed by atoms with Gasteiger partial charge in [0.1, 0.15) is 6.61 Å². The van der Waals surface area contributed by atoms with Crippen LogP contribution in [0, 0.1) is 11.8 Å². The SMILES string of the molecule is CC(C)C(CO)CNC(=O)OCc1ccccc1. The molecule has 0 radical (unpaired) electrons. The minimum atomic E-state index is -0.446. The third kappa shape index (κ3) is 5.19. The predicted molar refractivity (Wildman–Crippen MR) is 70.0 cm³/mol. The molecule has 1 rings (SSSR count). The molecule has 0 aliphatic carbocycles. The van der Waals surface area contributed by atoms with Gasteiger partial charge in [-0.05, 0) is 11.5 Å². The number of benzene rings is 1. The van der Waals surface area contributed by atoms with Gasteiger partial charge in [0, 0.05) is 19.1 Å². The van der Waals surface area contributed by atoms with E-state index in [1.807, 2.05) is 44.2 Å². The summed E-state index contributed by atoms with van der Waals surface area (Å²) in [4.78, 5) is 11.4. The van der Waals surface area contributed by atoms with E-state index >= 15 is 0 Å². The molecular weight excluding hydrogens is 230 g/mol. The van der Waals surface area contributed by atoms with E-state index in [2.05, 4.69) is 5.32 Å². The number of hydrogen-bond acceptors (Lipinski definition) is 3. The average molecular weight is 251 g/mol. The molecule has 1 atom stereocenters. The first-order valence-electron chi connectivity index (χ1n) is 6.19. The van der Waals surface area contributed by atoms with Crippen LogP contribution in [0.5, 0.6) is 0 Å². The Kier molecular flexibility index (Phi) is 6.22. The maximum absolute atomic E-state index is 11.4. The van der Waals surface area contributed by atoms with Crippen molar-refractivity contribution in [3.63, 3.8) is 0 Å². The van der Waals surface area contributed by atoms with E-state index in [9.17, 15) is 4.79 Å². The number of nitrogens with one attached hydrogen (secondary N) is 1. The van der Waals surface area contributed by atoms with Gasteiger partial charge in [0.05, 0.1) is 0 Å². The van der Waals surface area contributed by atoms with Gasteiger partial charge in [0.2, 0.25) is 0 Å². The number of ether oxygens (including phenoxy) is 1. The van der Waals surface area contributed by atoms with Crippen LogP contribution in [0.3, 0.4) is 0 Å². The van der Waals surface area contributed by atoms with E-state index in [-0.39, 0.29) is 19.1 Å². The number of amides is 1. The second-order valence-electron chi connectivity index (χ2n) is 4.63. The second-order valence-corrected chi connectivity index (χ2v) is 4.63. The van der Waals surface area contributed by atoms with Crippen molar-refractivity contribution in [3.8, 4) is 0 Å². The minimum absolute atomic E-state index is 0.0641. The Bertz CT molecular complexity index is 351. The quantitative estimate of drug-likeness (QED) is 0.814. The molecule has 0 aliphatic heterocycles. The molecule has 0 bridgehead atoms. The lowest BCUT2D eigenvalue weighted by Crippen LogP contribution is -2.33. The highest BCUT2D eigenvalue weighted by atomic mass is 16.5. The summed E-state index contributed by atoms with van der Waals surface area (Å²) >= 11 is 0. The summed E-state index contributed by atoms with van der Waals surface area (Å²) < 4.78 is 5.07. The molecule has 0 aliphatic rings. The highest BCUT2D eigenvalue weighted by Crippen LogP contribution is 2.08. The number of aliphatic hydroxyl groups is 1. The zero-order chi connectivity index (χ0) is 13.4. The molecule has 0 fully saturated rings. The van der Waals surface area contributed by atoms with E-state index in [1.165, 1.54) is 0 Å². The number of alkyl carbamates (subject to hydrolysis) is 1. The fourth-order valence-corrected chi connectivity index (χ4v) is 1.50. The Morgan fingerprint density at radius 3 is 2.56 bits per heavy atom. The fourth-order valence-electron chi connectivity index (χ4n) is 1.50. The Balaban J connectivity index is 2.26. The molecule has 0 saturated carbocycles. The summed E-state index contributed by atoms with van der Waals surface area (Å²) in [5, 5.41) is 11.8. The summed E-state index contributed by atoms with van der Waals surface area (Å²) in [6.07, 6.45) is -0.446. The molecule has 4 nitrogen and oxygen atoms in total. The van der Waals surface area contributed by atoms with Crippen molar-refractivity contribution in [1.29, 1.82) is 0 Å². The minimum Gasteiger partial charge on any atom is -0.445 e. The smallest absolute Gasteiger partial charge is 0.407 e. The lowest BCUT2D eigenvalue weighted by Gasteiger charge is -2.18. The van der Waals surface area contributed by atoms with Gasteiger partial charge in [-0.1, -0.05) is 44.2 Å². The molecule has 4 heteroatoms. The zero-order valence-electron chi connectivity index (χ0n) is 10.9. The molecule has 0 heterocycles. The second kappa shape index (κ2) is 7.71. The molecule has 1 amide bonds. The maximum Gasteiger partial charge on any atom is 0.407 e. The number of carbonyl (C=O) groups excluding carboxylic acids is 1. The number of hydrogen-bond donors (Lipinski definition) is 2. The molecule has 18 heavy (non-hydrogen) atoms. The van der Waals surface area contributed by atoms with Gasteiger partial charge in [-0.2, -0.15) is 0 Å². The maximum atomic E-state index is 11.4. The van der Waals surface area contributed by atoms with Crippen molar-refractivity contribution in [3.05, 3.63) is 35.9 Å². The lowest BCUT2D eigenvalue weighted by atomic mass is 9.97. The van der Waals surface area contributed by atoms with Crippen molar-refractivity contribution in [2.24, 2.45) is 11.8 Å². The Labute approximate surface area is 108 Å². The van der Waals surface area contributed by atoms with E-state index < -0.39 is 6.09 Å². The van der Waals surface area contributed by atoms with Gasteiger partial charge >= 0.3 is 6.09 Å². The van der Waals surface area contributed by atoms with Crippen molar-refractivity contribution < 1.29 is 14.6 Å². The van der Waals surface area contributed by atoms with Crippen LogP contribution in [-0.2, 0) is 11.3 Å². The third-order valence-electron chi connectivity index (χ3n) is 2.90. The highest BCUT2D eigenvalue weighted by Gasteiger charge is 2.13. The summed E-state index contributed by atoms with van der Waals surface area (Å²) in [6, 6.07) is 9.52. The van der Waals surface area contributed by atoms with E-state index in [0.29, 0.717) is 12.5 Å². The molecular formula is C14H21NO3. The van der Waals surface area contributed by atoms with Crippen LogP contribution in [0.2, 0.25) is 0 Å². The van der Waals surface area contributed by atoms with Crippen LogP contribution in [0.25, 0.3) is 0 Å². The molecule has 1 unspecified atom stereocenters. The van der Waals surface area contributed by atoms with Crippen LogP contribution in [-0.4, -0.2) is 24.4 Å². The zero-order valence-corrected chi connectivity index (χ0v) is 10.9. The third-order valence-corrected chi connectivity index (χ3v) is 2.90. The van der Waals surface area contributed by atoms with E-state index in [4.69, 9.17) is 9.84 Å². The lowest BCUT2D eigenvalue weighted by molar-refractivity contribution is 0.131. The summed E-state index contributed by atoms with van der Waals surface area (Å²) in [6.45, 7) is 4.78. The van der Waals surface area contributed by atoms with E-state index in [0.717, 1.165) is 5.56 Å². The molecule has 1 aromatic carbocycles. The van der Waals surface area contributed by atoms with Crippen LogP contribution < -0.4 is 5.32 Å². The van der Waals surface area contributed by atoms with Crippen molar-refractivity contribution in [2.45, 2.75) is 20.5 Å². The van der Waals surface area contributed by atoms with Crippen LogP contribution in [0.4, 0.5) is 4.79 Å². The molecule has 2 N–H and O–H groups in total. The average Bonchev–Trinajstić information content (AvgIpc) is 2.38. The van der Waals surface area contributed by atoms with Gasteiger partial charge < -0.3 is 15.2 Å². The number of rotatable bonds is 6. The van der Waals surface area contributed by atoms with Crippen LogP contribution in [0.15, 0.2) is 30.3 Å². The molecule has 0 spiro atoms. The monoisotopic (exact) mass is 251 g/mol. The Morgan fingerprint density at radius 1 is 1.33 bits per heavy atom. The molecule has 0 saturated heterocycles. The fraction of sp³-hybridized carbons (Fsp3) is 0.500. The predicted octanol–water partition coefficient (Wildman–Crippen LogP) is 2.18. The number of carbonyl (C=O) groups is 1. The summed E-state index contributed by atoms with van der Waals surface area (Å²) in [5.74, 6) is 0.388. The summed E-state index contributed by atoms with van der Waals surface area (Å²) in [5.41, 5.74) is 0.954. The standard InChI is InChI=1S/C14H21NO3/c1-11(2)13(9-16)8-15-14(17)18-10-12-6-4-3-5-7-12/h3-7,11,13,16H,8-10H2,1-2H3,(H,15,17). The molecule has 100 valence electrons. The van der Waals surface area contributed by atoms with Gasteiger partial charge in [-0.25, -0.2) is 4.79 Å². The van der Waals surface area contributed by atoms with Crippen LogP contribution >= 0.6 is 0 Å². The Hall–Kier alpha value is -1.55. The summed E-state index contributed by atoms with van der Waals surface area (Å²) in [7, 11) is 0. The van der Waals surface area contributed by atoms with Gasteiger partial charge in [0.15, 0.2) is 0 Å². The van der Waals surface area contributed by atoms with Crippen molar-refractivity contribution in [1.82, 2.24) is 5.32 Å². The highest BCUT2D eigenvalue weighted by molar-refractivity contribution is 5.67. The van der Waals surface area contributed by atoms with Crippen LogP contribution in [0.1, 0.15) is 19.4 Å². The first-order chi connectivity index (χ1) is 8.63. The van der Waals surface area contributed by atoms with Gasteiger partial charge in [-0.15, -0.1) is 0 Å².